The van der Waals surface area contributed by atoms with Gasteiger partial charge in [-0.15, -0.1) is 11.3 Å². The lowest BCUT2D eigenvalue weighted by molar-refractivity contribution is -0.131. The van der Waals surface area contributed by atoms with Crippen molar-refractivity contribution in [1.29, 1.82) is 0 Å². The Balaban J connectivity index is 1.51. The summed E-state index contributed by atoms with van der Waals surface area (Å²) in [6.07, 6.45) is 2.03. The molecule has 0 atom stereocenters. The molecule has 0 saturated heterocycles. The van der Waals surface area contributed by atoms with E-state index in [1.165, 1.54) is 11.3 Å². The molecule has 144 valence electrons. The zero-order valence-electron chi connectivity index (χ0n) is 15.9. The van der Waals surface area contributed by atoms with Gasteiger partial charge in [-0.2, -0.15) is 0 Å². The molecule has 0 aliphatic heterocycles. The minimum atomic E-state index is 0.0653. The van der Waals surface area contributed by atoms with E-state index >= 15 is 0 Å². The lowest BCUT2D eigenvalue weighted by Gasteiger charge is -2.23. The van der Waals surface area contributed by atoms with Gasteiger partial charge < -0.3 is 4.90 Å². The number of hydrogen-bond acceptors (Lipinski definition) is 4. The molecule has 29 heavy (non-hydrogen) atoms. The maximum atomic E-state index is 13.1. The summed E-state index contributed by atoms with van der Waals surface area (Å²) in [5.41, 5.74) is 3.85. The first-order chi connectivity index (χ1) is 14.3. The van der Waals surface area contributed by atoms with E-state index in [4.69, 9.17) is 0 Å². The van der Waals surface area contributed by atoms with Crippen LogP contribution in [0, 0.1) is 0 Å². The molecule has 4 aromatic rings. The van der Waals surface area contributed by atoms with Gasteiger partial charge in [-0.3, -0.25) is 9.78 Å². The van der Waals surface area contributed by atoms with Crippen LogP contribution >= 0.6 is 11.3 Å². The molecule has 5 heteroatoms. The van der Waals surface area contributed by atoms with Gasteiger partial charge in [0.25, 0.3) is 0 Å². The summed E-state index contributed by atoms with van der Waals surface area (Å²) in [6.45, 7) is 1.15. The van der Waals surface area contributed by atoms with Gasteiger partial charge in [-0.1, -0.05) is 66.7 Å². The van der Waals surface area contributed by atoms with Crippen molar-refractivity contribution in [2.24, 2.45) is 0 Å². The summed E-state index contributed by atoms with van der Waals surface area (Å²) in [6, 6.07) is 25.9. The second-order valence-corrected chi connectivity index (χ2v) is 7.61. The molecule has 0 bridgehead atoms. The van der Waals surface area contributed by atoms with E-state index in [0.717, 1.165) is 27.5 Å². The van der Waals surface area contributed by atoms with Crippen molar-refractivity contribution in [3.8, 4) is 10.7 Å². The maximum Gasteiger partial charge on any atom is 0.229 e. The topological polar surface area (TPSA) is 46.1 Å². The molecule has 0 radical (unpaired) electrons. The highest BCUT2D eigenvalue weighted by Crippen LogP contribution is 2.22. The lowest BCUT2D eigenvalue weighted by atomic mass is 10.1. The molecular formula is C24H21N3OS. The van der Waals surface area contributed by atoms with Gasteiger partial charge in [-0.25, -0.2) is 4.98 Å². The van der Waals surface area contributed by atoms with E-state index in [1.54, 1.807) is 6.20 Å². The van der Waals surface area contributed by atoms with Crippen molar-refractivity contribution >= 4 is 17.2 Å². The fraction of sp³-hybridized carbons (Fsp3) is 0.125. The molecule has 0 aliphatic carbocycles. The summed E-state index contributed by atoms with van der Waals surface area (Å²) in [5.74, 6) is 0.0653. The van der Waals surface area contributed by atoms with Crippen molar-refractivity contribution in [3.05, 3.63) is 107 Å². The Hall–Kier alpha value is -3.31. The van der Waals surface area contributed by atoms with Gasteiger partial charge >= 0.3 is 0 Å². The van der Waals surface area contributed by atoms with Gasteiger partial charge in [0.2, 0.25) is 5.91 Å². The van der Waals surface area contributed by atoms with Crippen LogP contribution in [-0.2, 0) is 24.3 Å². The molecule has 0 aliphatic rings. The van der Waals surface area contributed by atoms with Gasteiger partial charge in [0, 0.05) is 24.7 Å². The lowest BCUT2D eigenvalue weighted by Crippen LogP contribution is -2.31. The molecule has 0 spiro atoms. The van der Waals surface area contributed by atoms with Crippen LogP contribution in [-0.4, -0.2) is 20.8 Å². The SMILES string of the molecule is O=C(Cc1csc(-c2ccccn2)n1)N(Cc1ccccc1)Cc1ccccc1. The van der Waals surface area contributed by atoms with Crippen LogP contribution in [0.2, 0.25) is 0 Å². The Morgan fingerprint density at radius 1 is 0.828 bits per heavy atom. The molecule has 2 aromatic carbocycles. The number of hydrogen-bond donors (Lipinski definition) is 0. The smallest absolute Gasteiger partial charge is 0.229 e. The van der Waals surface area contributed by atoms with Crippen LogP contribution in [0.15, 0.2) is 90.4 Å². The fourth-order valence-electron chi connectivity index (χ4n) is 3.10. The molecule has 0 N–H and O–H groups in total. The van der Waals surface area contributed by atoms with E-state index in [1.807, 2.05) is 89.1 Å². The van der Waals surface area contributed by atoms with E-state index < -0.39 is 0 Å². The molecule has 2 heterocycles. The Morgan fingerprint density at radius 2 is 1.45 bits per heavy atom. The normalized spacial score (nSPS) is 10.6. The predicted octanol–water partition coefficient (Wildman–Crippen LogP) is 4.98. The summed E-state index contributed by atoms with van der Waals surface area (Å²) >= 11 is 1.52. The average molecular weight is 400 g/mol. The molecule has 0 fully saturated rings. The third kappa shape index (κ3) is 5.15. The quantitative estimate of drug-likeness (QED) is 0.440. The van der Waals surface area contributed by atoms with Crippen LogP contribution in [0.25, 0.3) is 10.7 Å². The third-order valence-corrected chi connectivity index (χ3v) is 5.47. The first kappa shape index (κ1) is 19.0. The number of benzene rings is 2. The van der Waals surface area contributed by atoms with E-state index in [9.17, 15) is 4.79 Å². The van der Waals surface area contributed by atoms with Crippen LogP contribution in [0.4, 0.5) is 0 Å². The Kier molecular flexibility index (Phi) is 6.07. The molecule has 0 saturated carbocycles. The van der Waals surface area contributed by atoms with Gasteiger partial charge in [0.15, 0.2) is 0 Å². The number of amides is 1. The Labute approximate surface area is 174 Å². The summed E-state index contributed by atoms with van der Waals surface area (Å²) in [5, 5.41) is 2.79. The first-order valence-electron chi connectivity index (χ1n) is 9.49. The summed E-state index contributed by atoms with van der Waals surface area (Å²) in [4.78, 5) is 24.0. The summed E-state index contributed by atoms with van der Waals surface area (Å²) < 4.78 is 0. The van der Waals surface area contributed by atoms with Crippen molar-refractivity contribution in [1.82, 2.24) is 14.9 Å². The van der Waals surface area contributed by atoms with Gasteiger partial charge in [0.1, 0.15) is 5.01 Å². The Morgan fingerprint density at radius 3 is 2.03 bits per heavy atom. The summed E-state index contributed by atoms with van der Waals surface area (Å²) in [7, 11) is 0. The van der Waals surface area contributed by atoms with Crippen LogP contribution in [0.1, 0.15) is 16.8 Å². The molecule has 1 amide bonds. The van der Waals surface area contributed by atoms with Crippen molar-refractivity contribution in [2.45, 2.75) is 19.5 Å². The van der Waals surface area contributed by atoms with E-state index in [2.05, 4.69) is 9.97 Å². The Bertz CT molecular complexity index is 1010. The average Bonchev–Trinajstić information content (AvgIpc) is 3.24. The largest absolute Gasteiger partial charge is 0.334 e. The zero-order valence-corrected chi connectivity index (χ0v) is 16.8. The number of nitrogens with zero attached hydrogens (tertiary/aromatic N) is 3. The fourth-order valence-corrected chi connectivity index (χ4v) is 3.90. The molecule has 4 nitrogen and oxygen atoms in total. The highest BCUT2D eigenvalue weighted by molar-refractivity contribution is 7.13. The number of carbonyl (C=O) groups excluding carboxylic acids is 1. The van der Waals surface area contributed by atoms with E-state index in [-0.39, 0.29) is 12.3 Å². The first-order valence-corrected chi connectivity index (χ1v) is 10.4. The monoisotopic (exact) mass is 399 g/mol. The standard InChI is InChI=1S/C24H21N3OS/c28-23(15-21-18-29-24(26-21)22-13-7-8-14-25-22)27(16-19-9-3-1-4-10-19)17-20-11-5-2-6-12-20/h1-14,18H,15-17H2. The second-order valence-electron chi connectivity index (χ2n) is 6.76. The number of pyridine rings is 1. The highest BCUT2D eigenvalue weighted by Gasteiger charge is 2.17. The van der Waals surface area contributed by atoms with Crippen LogP contribution < -0.4 is 0 Å². The van der Waals surface area contributed by atoms with Crippen molar-refractivity contribution < 1.29 is 4.79 Å². The zero-order chi connectivity index (χ0) is 19.9. The van der Waals surface area contributed by atoms with Crippen LogP contribution in [0.5, 0.6) is 0 Å². The number of carbonyl (C=O) groups is 1. The van der Waals surface area contributed by atoms with Gasteiger partial charge in [-0.05, 0) is 23.3 Å². The van der Waals surface area contributed by atoms with Crippen LogP contribution in [0.3, 0.4) is 0 Å². The number of thiazole rings is 1. The molecule has 0 unspecified atom stereocenters. The van der Waals surface area contributed by atoms with Gasteiger partial charge in [0.05, 0.1) is 17.8 Å². The number of rotatable bonds is 7. The predicted molar refractivity (Wildman–Crippen MR) is 116 cm³/mol. The molecule has 4 rings (SSSR count). The highest BCUT2D eigenvalue weighted by atomic mass is 32.1. The van der Waals surface area contributed by atoms with Crippen molar-refractivity contribution in [3.63, 3.8) is 0 Å². The molecule has 2 aromatic heterocycles. The molecular weight excluding hydrogens is 378 g/mol. The third-order valence-electron chi connectivity index (χ3n) is 4.55. The second kappa shape index (κ2) is 9.26. The van der Waals surface area contributed by atoms with Crippen molar-refractivity contribution in [2.75, 3.05) is 0 Å². The minimum Gasteiger partial charge on any atom is -0.334 e. The minimum absolute atomic E-state index is 0.0653. The number of aromatic nitrogens is 2. The van der Waals surface area contributed by atoms with E-state index in [0.29, 0.717) is 13.1 Å². The maximum absolute atomic E-state index is 13.1.